The van der Waals surface area contributed by atoms with Crippen LogP contribution in [0.15, 0.2) is 16.5 Å². The standard InChI is InChI=1S/C10H14N2O4/c13-12(14)10-4-3-9(16-10)6-11-8-2-1-5-15-7-8/h3-4,8,11H,1-2,5-7H2. The van der Waals surface area contributed by atoms with Crippen LogP contribution >= 0.6 is 0 Å². The highest BCUT2D eigenvalue weighted by Gasteiger charge is 2.15. The molecule has 0 bridgehead atoms. The first-order valence-electron chi connectivity index (χ1n) is 5.30. The lowest BCUT2D eigenvalue weighted by atomic mass is 10.1. The number of hydrogen-bond donors (Lipinski definition) is 1. The second-order valence-corrected chi connectivity index (χ2v) is 3.79. The van der Waals surface area contributed by atoms with Gasteiger partial charge in [-0.25, -0.2) is 0 Å². The van der Waals surface area contributed by atoms with E-state index in [1.165, 1.54) is 6.07 Å². The van der Waals surface area contributed by atoms with Crippen molar-refractivity contribution in [3.8, 4) is 0 Å². The minimum absolute atomic E-state index is 0.211. The SMILES string of the molecule is O=[N+]([O-])c1ccc(CNC2CCCOC2)o1. The van der Waals surface area contributed by atoms with Gasteiger partial charge in [-0.1, -0.05) is 0 Å². The maximum absolute atomic E-state index is 10.4. The van der Waals surface area contributed by atoms with Gasteiger partial charge in [0.05, 0.1) is 19.2 Å². The van der Waals surface area contributed by atoms with Gasteiger partial charge in [0.25, 0.3) is 0 Å². The van der Waals surface area contributed by atoms with Gasteiger partial charge in [-0.3, -0.25) is 10.1 Å². The van der Waals surface area contributed by atoms with Gasteiger partial charge in [-0.2, -0.15) is 0 Å². The Bertz CT molecular complexity index is 357. The Kier molecular flexibility index (Phi) is 3.53. The summed E-state index contributed by atoms with van der Waals surface area (Å²) in [6, 6.07) is 3.31. The van der Waals surface area contributed by atoms with Crippen LogP contribution in [0.25, 0.3) is 0 Å². The van der Waals surface area contributed by atoms with Gasteiger partial charge in [0.1, 0.15) is 10.7 Å². The van der Waals surface area contributed by atoms with Crippen LogP contribution in [0.4, 0.5) is 5.88 Å². The molecule has 0 amide bonds. The average Bonchev–Trinajstić information content (AvgIpc) is 2.76. The fourth-order valence-electron chi connectivity index (χ4n) is 1.71. The molecule has 0 radical (unpaired) electrons. The van der Waals surface area contributed by atoms with Gasteiger partial charge >= 0.3 is 5.88 Å². The van der Waals surface area contributed by atoms with Crippen molar-refractivity contribution in [3.63, 3.8) is 0 Å². The quantitative estimate of drug-likeness (QED) is 0.621. The molecule has 1 N–H and O–H groups in total. The Labute approximate surface area is 92.7 Å². The van der Waals surface area contributed by atoms with Crippen molar-refractivity contribution < 1.29 is 14.1 Å². The molecule has 6 heteroatoms. The van der Waals surface area contributed by atoms with Gasteiger partial charge in [-0.15, -0.1) is 0 Å². The molecule has 1 aromatic rings. The molecule has 6 nitrogen and oxygen atoms in total. The van der Waals surface area contributed by atoms with E-state index >= 15 is 0 Å². The zero-order chi connectivity index (χ0) is 11.4. The summed E-state index contributed by atoms with van der Waals surface area (Å²) in [7, 11) is 0. The van der Waals surface area contributed by atoms with Crippen LogP contribution in [0.1, 0.15) is 18.6 Å². The monoisotopic (exact) mass is 226 g/mol. The van der Waals surface area contributed by atoms with Gasteiger partial charge in [0.15, 0.2) is 0 Å². The Hall–Kier alpha value is -1.40. The number of furan rings is 1. The molecule has 88 valence electrons. The third-order valence-electron chi connectivity index (χ3n) is 2.55. The molecule has 1 unspecified atom stereocenters. The lowest BCUT2D eigenvalue weighted by Crippen LogP contribution is -2.36. The summed E-state index contributed by atoms with van der Waals surface area (Å²) >= 11 is 0. The first kappa shape index (κ1) is 11.1. The first-order chi connectivity index (χ1) is 7.75. The zero-order valence-electron chi connectivity index (χ0n) is 8.85. The fourth-order valence-corrected chi connectivity index (χ4v) is 1.71. The molecule has 0 saturated carbocycles. The molecular weight excluding hydrogens is 212 g/mol. The van der Waals surface area contributed by atoms with Crippen LogP contribution in [-0.2, 0) is 11.3 Å². The summed E-state index contributed by atoms with van der Waals surface area (Å²) in [4.78, 5) is 9.86. The van der Waals surface area contributed by atoms with Crippen LogP contribution in [-0.4, -0.2) is 24.2 Å². The minimum Gasteiger partial charge on any atom is -0.404 e. The summed E-state index contributed by atoms with van der Waals surface area (Å²) < 4.78 is 10.3. The summed E-state index contributed by atoms with van der Waals surface area (Å²) in [5.74, 6) is 0.369. The van der Waals surface area contributed by atoms with E-state index in [2.05, 4.69) is 5.32 Å². The summed E-state index contributed by atoms with van der Waals surface area (Å²) in [6.07, 6.45) is 2.12. The van der Waals surface area contributed by atoms with Crippen LogP contribution in [0.3, 0.4) is 0 Å². The fraction of sp³-hybridized carbons (Fsp3) is 0.600. The largest absolute Gasteiger partial charge is 0.433 e. The van der Waals surface area contributed by atoms with E-state index in [4.69, 9.17) is 9.15 Å². The molecule has 1 fully saturated rings. The third kappa shape index (κ3) is 2.80. The first-order valence-corrected chi connectivity index (χ1v) is 5.30. The van der Waals surface area contributed by atoms with Gasteiger partial charge in [-0.05, 0) is 18.9 Å². The minimum atomic E-state index is -0.535. The van der Waals surface area contributed by atoms with Crippen LogP contribution in [0, 0.1) is 10.1 Å². The molecule has 0 spiro atoms. The third-order valence-corrected chi connectivity index (χ3v) is 2.55. The number of nitrogens with zero attached hydrogens (tertiary/aromatic N) is 1. The van der Waals surface area contributed by atoms with E-state index in [1.807, 2.05) is 0 Å². The van der Waals surface area contributed by atoms with E-state index in [-0.39, 0.29) is 5.88 Å². The highest BCUT2D eigenvalue weighted by Crippen LogP contribution is 2.16. The zero-order valence-corrected chi connectivity index (χ0v) is 8.85. The Morgan fingerprint density at radius 2 is 2.44 bits per heavy atom. The van der Waals surface area contributed by atoms with E-state index in [0.29, 0.717) is 25.0 Å². The van der Waals surface area contributed by atoms with Crippen molar-refractivity contribution in [2.45, 2.75) is 25.4 Å². The predicted octanol–water partition coefficient (Wildman–Crippen LogP) is 1.46. The van der Waals surface area contributed by atoms with E-state index in [9.17, 15) is 10.1 Å². The number of nitrogens with one attached hydrogen (secondary N) is 1. The summed E-state index contributed by atoms with van der Waals surface area (Å²) in [6.45, 7) is 2.02. The van der Waals surface area contributed by atoms with E-state index in [0.717, 1.165) is 19.4 Å². The smallest absolute Gasteiger partial charge is 0.404 e. The molecule has 0 aliphatic carbocycles. The molecule has 1 aliphatic heterocycles. The van der Waals surface area contributed by atoms with Crippen molar-refractivity contribution in [2.75, 3.05) is 13.2 Å². The lowest BCUT2D eigenvalue weighted by Gasteiger charge is -2.22. The van der Waals surface area contributed by atoms with Gasteiger partial charge in [0, 0.05) is 12.6 Å². The number of rotatable bonds is 4. The molecular formula is C10H14N2O4. The van der Waals surface area contributed by atoms with Crippen LogP contribution < -0.4 is 5.32 Å². The molecule has 1 aromatic heterocycles. The molecule has 2 heterocycles. The van der Waals surface area contributed by atoms with Crippen molar-refractivity contribution in [3.05, 3.63) is 28.0 Å². The van der Waals surface area contributed by atoms with E-state index in [1.54, 1.807) is 6.07 Å². The molecule has 2 rings (SSSR count). The molecule has 1 saturated heterocycles. The molecule has 0 aromatic carbocycles. The van der Waals surface area contributed by atoms with Gasteiger partial charge in [0.2, 0.25) is 0 Å². The van der Waals surface area contributed by atoms with Crippen LogP contribution in [0.2, 0.25) is 0 Å². The van der Waals surface area contributed by atoms with Crippen molar-refractivity contribution >= 4 is 5.88 Å². The average molecular weight is 226 g/mol. The predicted molar refractivity (Wildman–Crippen MR) is 56.0 cm³/mol. The second kappa shape index (κ2) is 5.09. The normalized spacial score (nSPS) is 20.9. The van der Waals surface area contributed by atoms with E-state index < -0.39 is 4.92 Å². The number of hydrogen-bond acceptors (Lipinski definition) is 5. The molecule has 1 atom stereocenters. The maximum Gasteiger partial charge on any atom is 0.433 e. The van der Waals surface area contributed by atoms with Crippen molar-refractivity contribution in [1.29, 1.82) is 0 Å². The van der Waals surface area contributed by atoms with Crippen molar-refractivity contribution in [1.82, 2.24) is 5.32 Å². The van der Waals surface area contributed by atoms with Gasteiger partial charge < -0.3 is 14.5 Å². The number of ether oxygens (including phenoxy) is 1. The highest BCUT2D eigenvalue weighted by molar-refractivity contribution is 5.17. The summed E-state index contributed by atoms with van der Waals surface area (Å²) in [5.41, 5.74) is 0. The highest BCUT2D eigenvalue weighted by atomic mass is 16.6. The second-order valence-electron chi connectivity index (χ2n) is 3.79. The Morgan fingerprint density at radius 1 is 1.56 bits per heavy atom. The summed E-state index contributed by atoms with van der Waals surface area (Å²) in [5, 5.41) is 13.6. The number of nitro groups is 1. The van der Waals surface area contributed by atoms with Crippen LogP contribution in [0.5, 0.6) is 0 Å². The van der Waals surface area contributed by atoms with Crippen molar-refractivity contribution in [2.24, 2.45) is 0 Å². The molecule has 1 aliphatic rings. The Balaban J connectivity index is 1.81. The Morgan fingerprint density at radius 3 is 3.06 bits per heavy atom. The molecule has 16 heavy (non-hydrogen) atoms. The topological polar surface area (TPSA) is 77.5 Å². The lowest BCUT2D eigenvalue weighted by molar-refractivity contribution is -0.402. The maximum atomic E-state index is 10.4.